The Hall–Kier alpha value is -4.53. The van der Waals surface area contributed by atoms with E-state index in [1.165, 1.54) is 0 Å². The number of benzene rings is 3. The molecular formula is C33H38N6O4. The van der Waals surface area contributed by atoms with Gasteiger partial charge in [-0.25, -0.2) is 9.59 Å². The van der Waals surface area contributed by atoms with E-state index in [0.717, 1.165) is 33.4 Å². The quantitative estimate of drug-likeness (QED) is 0.182. The molecule has 43 heavy (non-hydrogen) atoms. The summed E-state index contributed by atoms with van der Waals surface area (Å²) in [5.41, 5.74) is 16.8. The molecule has 1 aliphatic heterocycles. The summed E-state index contributed by atoms with van der Waals surface area (Å²) < 4.78 is 11.3. The Kier molecular flexibility index (Phi) is 8.62. The lowest BCUT2D eigenvalue weighted by Gasteiger charge is -2.36. The maximum absolute atomic E-state index is 13.1. The number of anilines is 1. The number of amides is 2. The zero-order chi connectivity index (χ0) is 30.7. The first kappa shape index (κ1) is 29.9. The highest BCUT2D eigenvalue weighted by molar-refractivity contribution is 5.88. The normalized spacial score (nSPS) is 14.9. The lowest BCUT2D eigenvalue weighted by molar-refractivity contribution is 0.0139. The number of piperazine rings is 1. The maximum Gasteiger partial charge on any atom is 0.411 e. The van der Waals surface area contributed by atoms with Gasteiger partial charge in [0.05, 0.1) is 0 Å². The number of hydrogen-bond acceptors (Lipinski definition) is 6. The molecule has 3 aromatic carbocycles. The molecule has 10 heteroatoms. The number of nitrogens with one attached hydrogen (secondary N) is 1. The Bertz CT molecular complexity index is 1540. The number of fused-ring (bicyclic) bond motifs is 3. The standard InChI is InChI=1S/C33H38N6O4/c1-21-23(19-38-14-16-39(17-15-38)32(41)43-33(3,4)5)18-29(22(2)30(21)36-37-34)35-31(40)42-20-28-26-12-8-6-10-24(26)25-11-7-9-13-27(25)28/h6-13,18,28H,14-17,19-20H2,1-5H3,(H,35,40). The van der Waals surface area contributed by atoms with Gasteiger partial charge in [0.25, 0.3) is 0 Å². The number of hydrogen-bond donors (Lipinski definition) is 1. The second kappa shape index (κ2) is 12.4. The molecule has 0 aromatic heterocycles. The highest BCUT2D eigenvalue weighted by Gasteiger charge is 2.30. The van der Waals surface area contributed by atoms with Gasteiger partial charge < -0.3 is 14.4 Å². The van der Waals surface area contributed by atoms with Crippen molar-refractivity contribution in [3.05, 3.63) is 92.9 Å². The van der Waals surface area contributed by atoms with E-state index >= 15 is 0 Å². The molecule has 224 valence electrons. The van der Waals surface area contributed by atoms with Crippen LogP contribution in [0.15, 0.2) is 59.7 Å². The number of carbonyl (C=O) groups is 2. The minimum Gasteiger partial charge on any atom is -0.448 e. The van der Waals surface area contributed by atoms with Gasteiger partial charge in [0.1, 0.15) is 12.2 Å². The van der Waals surface area contributed by atoms with Gasteiger partial charge in [0, 0.05) is 54.9 Å². The molecule has 0 saturated carbocycles. The molecule has 1 aliphatic carbocycles. The summed E-state index contributed by atoms with van der Waals surface area (Å²) in [7, 11) is 0. The molecule has 0 atom stereocenters. The number of ether oxygens (including phenoxy) is 2. The van der Waals surface area contributed by atoms with Gasteiger partial charge in [0.2, 0.25) is 0 Å². The molecule has 2 amide bonds. The molecule has 3 aromatic rings. The molecule has 2 aliphatic rings. The number of nitrogens with zero attached hydrogens (tertiary/aromatic N) is 5. The number of carbonyl (C=O) groups excluding carboxylic acids is 2. The lowest BCUT2D eigenvalue weighted by Crippen LogP contribution is -2.49. The van der Waals surface area contributed by atoms with Crippen molar-refractivity contribution in [1.29, 1.82) is 0 Å². The molecule has 10 nitrogen and oxygen atoms in total. The Labute approximate surface area is 252 Å². The van der Waals surface area contributed by atoms with E-state index in [2.05, 4.69) is 44.5 Å². The van der Waals surface area contributed by atoms with Crippen molar-refractivity contribution in [1.82, 2.24) is 9.80 Å². The SMILES string of the molecule is Cc1c(CN2CCN(C(=O)OC(C)(C)C)CC2)cc(NC(=O)OCC2c3ccccc3-c3ccccc32)c(C)c1N=[N+]=[N-]. The van der Waals surface area contributed by atoms with Gasteiger partial charge in [-0.05, 0) is 85.2 Å². The van der Waals surface area contributed by atoms with E-state index in [1.807, 2.05) is 65.0 Å². The Morgan fingerprint density at radius 2 is 1.58 bits per heavy atom. The van der Waals surface area contributed by atoms with Crippen LogP contribution < -0.4 is 5.32 Å². The van der Waals surface area contributed by atoms with E-state index in [-0.39, 0.29) is 18.6 Å². The maximum atomic E-state index is 13.1. The molecule has 0 bridgehead atoms. The van der Waals surface area contributed by atoms with Crippen LogP contribution in [0.1, 0.15) is 54.5 Å². The number of azide groups is 1. The summed E-state index contributed by atoms with van der Waals surface area (Å²) in [6, 6.07) is 18.3. The van der Waals surface area contributed by atoms with Crippen molar-refractivity contribution < 1.29 is 19.1 Å². The van der Waals surface area contributed by atoms with Crippen molar-refractivity contribution in [3.63, 3.8) is 0 Å². The highest BCUT2D eigenvalue weighted by Crippen LogP contribution is 2.44. The van der Waals surface area contributed by atoms with Crippen molar-refractivity contribution >= 4 is 23.6 Å². The molecule has 1 saturated heterocycles. The number of rotatable bonds is 6. The van der Waals surface area contributed by atoms with Crippen LogP contribution in [-0.2, 0) is 16.0 Å². The Balaban J connectivity index is 1.28. The van der Waals surface area contributed by atoms with Gasteiger partial charge in [-0.2, -0.15) is 0 Å². The van der Waals surface area contributed by atoms with Crippen molar-refractivity contribution in [3.8, 4) is 11.1 Å². The van der Waals surface area contributed by atoms with Crippen molar-refractivity contribution in [2.75, 3.05) is 38.1 Å². The van der Waals surface area contributed by atoms with Crippen LogP contribution in [0.25, 0.3) is 21.6 Å². The molecule has 1 heterocycles. The first-order valence-corrected chi connectivity index (χ1v) is 14.6. The van der Waals surface area contributed by atoms with E-state index < -0.39 is 11.7 Å². The minimum atomic E-state index is -0.572. The van der Waals surface area contributed by atoms with Gasteiger partial charge in [-0.1, -0.05) is 53.6 Å². The Morgan fingerprint density at radius 1 is 0.977 bits per heavy atom. The summed E-state index contributed by atoms with van der Waals surface area (Å²) in [5.74, 6) is -0.0501. The van der Waals surface area contributed by atoms with Crippen molar-refractivity contribution in [2.45, 2.75) is 52.7 Å². The van der Waals surface area contributed by atoms with Gasteiger partial charge in [-0.15, -0.1) is 0 Å². The predicted octanol–water partition coefficient (Wildman–Crippen LogP) is 7.66. The highest BCUT2D eigenvalue weighted by atomic mass is 16.6. The fraction of sp³-hybridized carbons (Fsp3) is 0.394. The van der Waals surface area contributed by atoms with E-state index in [9.17, 15) is 15.1 Å². The first-order valence-electron chi connectivity index (χ1n) is 14.6. The zero-order valence-electron chi connectivity index (χ0n) is 25.4. The van der Waals surface area contributed by atoms with Crippen LogP contribution in [0.3, 0.4) is 0 Å². The van der Waals surface area contributed by atoms with E-state index in [4.69, 9.17) is 9.47 Å². The smallest absolute Gasteiger partial charge is 0.411 e. The second-order valence-electron chi connectivity index (χ2n) is 12.1. The molecule has 1 N–H and O–H groups in total. The molecule has 0 unspecified atom stereocenters. The largest absolute Gasteiger partial charge is 0.448 e. The topological polar surface area (TPSA) is 120 Å². The predicted molar refractivity (Wildman–Crippen MR) is 166 cm³/mol. The summed E-state index contributed by atoms with van der Waals surface area (Å²) in [6.07, 6.45) is -0.878. The average Bonchev–Trinajstić information content (AvgIpc) is 3.30. The third-order valence-corrected chi connectivity index (χ3v) is 8.06. The van der Waals surface area contributed by atoms with E-state index in [0.29, 0.717) is 49.7 Å². The zero-order valence-corrected chi connectivity index (χ0v) is 25.4. The fourth-order valence-corrected chi connectivity index (χ4v) is 5.84. The van der Waals surface area contributed by atoms with Crippen LogP contribution in [0.2, 0.25) is 0 Å². The van der Waals surface area contributed by atoms with Crippen LogP contribution in [0.5, 0.6) is 0 Å². The second-order valence-corrected chi connectivity index (χ2v) is 12.1. The van der Waals surface area contributed by atoms with Crippen LogP contribution in [0.4, 0.5) is 21.0 Å². The third kappa shape index (κ3) is 6.61. The summed E-state index contributed by atoms with van der Waals surface area (Å²) in [5, 5.41) is 6.85. The van der Waals surface area contributed by atoms with Crippen LogP contribution in [0, 0.1) is 13.8 Å². The van der Waals surface area contributed by atoms with Gasteiger partial charge in [-0.3, -0.25) is 10.2 Å². The summed E-state index contributed by atoms with van der Waals surface area (Å²) >= 11 is 0. The Morgan fingerprint density at radius 3 is 2.16 bits per heavy atom. The summed E-state index contributed by atoms with van der Waals surface area (Å²) in [6.45, 7) is 12.5. The molecule has 0 spiro atoms. The van der Waals surface area contributed by atoms with E-state index in [1.54, 1.807) is 4.90 Å². The average molecular weight is 583 g/mol. The van der Waals surface area contributed by atoms with Crippen LogP contribution in [-0.4, -0.2) is 60.4 Å². The lowest BCUT2D eigenvalue weighted by atomic mass is 9.98. The minimum absolute atomic E-state index is 0.0501. The third-order valence-electron chi connectivity index (χ3n) is 8.06. The van der Waals surface area contributed by atoms with Crippen molar-refractivity contribution in [2.24, 2.45) is 5.11 Å². The van der Waals surface area contributed by atoms with Crippen LogP contribution >= 0.6 is 0 Å². The monoisotopic (exact) mass is 582 g/mol. The molecular weight excluding hydrogens is 544 g/mol. The molecule has 5 rings (SSSR count). The van der Waals surface area contributed by atoms with Gasteiger partial charge >= 0.3 is 12.2 Å². The molecule has 0 radical (unpaired) electrons. The molecule has 1 fully saturated rings. The fourth-order valence-electron chi connectivity index (χ4n) is 5.84. The van der Waals surface area contributed by atoms with Gasteiger partial charge in [0.15, 0.2) is 0 Å². The summed E-state index contributed by atoms with van der Waals surface area (Å²) in [4.78, 5) is 32.6. The first-order chi connectivity index (χ1) is 20.6.